The van der Waals surface area contributed by atoms with Gasteiger partial charge in [-0.05, 0) is 26.2 Å². The quantitative estimate of drug-likeness (QED) is 0.567. The number of rotatable bonds is 1. The second-order valence-electron chi connectivity index (χ2n) is 3.10. The van der Waals surface area contributed by atoms with Crippen molar-refractivity contribution in [2.24, 2.45) is 0 Å². The zero-order valence-corrected chi connectivity index (χ0v) is 6.48. The van der Waals surface area contributed by atoms with Crippen LogP contribution in [0.4, 0.5) is 0 Å². The summed E-state index contributed by atoms with van der Waals surface area (Å²) in [5.74, 6) is 0. The lowest BCUT2D eigenvalue weighted by Crippen LogP contribution is -2.39. The fourth-order valence-electron chi connectivity index (χ4n) is 1.56. The van der Waals surface area contributed by atoms with Gasteiger partial charge < -0.3 is 5.32 Å². The molecule has 0 saturated carbocycles. The maximum Gasteiger partial charge on any atom is 0.00669 e. The van der Waals surface area contributed by atoms with Crippen LogP contribution in [0.2, 0.25) is 0 Å². The summed E-state index contributed by atoms with van der Waals surface area (Å²) in [6.45, 7) is 4.54. The topological polar surface area (TPSA) is 12.0 Å². The van der Waals surface area contributed by atoms with Crippen molar-refractivity contribution >= 4 is 0 Å². The predicted molar refractivity (Wildman–Crippen MR) is 40.5 cm³/mol. The molecule has 1 saturated heterocycles. The molecular formula is C8H17N. The first-order chi connectivity index (χ1) is 4.33. The minimum absolute atomic E-state index is 0.767. The summed E-state index contributed by atoms with van der Waals surface area (Å²) < 4.78 is 0. The van der Waals surface area contributed by atoms with Gasteiger partial charge in [-0.25, -0.2) is 0 Å². The van der Waals surface area contributed by atoms with Gasteiger partial charge in [0.15, 0.2) is 0 Å². The molecule has 0 amide bonds. The molecule has 0 aromatic rings. The molecule has 1 aliphatic rings. The molecule has 1 N–H and O–H groups in total. The molecule has 54 valence electrons. The highest BCUT2D eigenvalue weighted by Crippen LogP contribution is 2.13. The van der Waals surface area contributed by atoms with Gasteiger partial charge in [0.25, 0.3) is 0 Å². The van der Waals surface area contributed by atoms with Crippen LogP contribution < -0.4 is 5.32 Å². The van der Waals surface area contributed by atoms with Gasteiger partial charge in [-0.15, -0.1) is 0 Å². The van der Waals surface area contributed by atoms with Gasteiger partial charge in [-0.1, -0.05) is 13.3 Å². The summed E-state index contributed by atoms with van der Waals surface area (Å²) in [5, 5.41) is 3.57. The molecule has 9 heavy (non-hydrogen) atoms. The lowest BCUT2D eigenvalue weighted by molar-refractivity contribution is 0.329. The van der Waals surface area contributed by atoms with Gasteiger partial charge in [0, 0.05) is 12.1 Å². The third kappa shape index (κ3) is 1.98. The molecule has 1 aliphatic heterocycles. The van der Waals surface area contributed by atoms with Crippen molar-refractivity contribution in [3.63, 3.8) is 0 Å². The van der Waals surface area contributed by atoms with E-state index in [0.29, 0.717) is 0 Å². The van der Waals surface area contributed by atoms with Gasteiger partial charge in [0.2, 0.25) is 0 Å². The highest BCUT2D eigenvalue weighted by atomic mass is 14.9. The zero-order valence-electron chi connectivity index (χ0n) is 6.48. The Bertz CT molecular complexity index is 80.6. The van der Waals surface area contributed by atoms with Crippen molar-refractivity contribution in [1.29, 1.82) is 0 Å². The van der Waals surface area contributed by atoms with Crippen LogP contribution in [0.25, 0.3) is 0 Å². The Morgan fingerprint density at radius 2 is 2.22 bits per heavy atom. The van der Waals surface area contributed by atoms with Crippen LogP contribution in [-0.4, -0.2) is 12.1 Å². The van der Waals surface area contributed by atoms with E-state index in [1.807, 2.05) is 0 Å². The van der Waals surface area contributed by atoms with E-state index >= 15 is 0 Å². The van der Waals surface area contributed by atoms with E-state index in [4.69, 9.17) is 0 Å². The standard InChI is InChI=1S/C8H17N/c1-3-8-6-4-5-7(2)9-8/h7-9H,3-6H2,1-2H3/t7-,8+/m1/s1. The summed E-state index contributed by atoms with van der Waals surface area (Å²) in [7, 11) is 0. The van der Waals surface area contributed by atoms with Gasteiger partial charge in [-0.3, -0.25) is 0 Å². The van der Waals surface area contributed by atoms with E-state index in [1.54, 1.807) is 0 Å². The van der Waals surface area contributed by atoms with E-state index in [2.05, 4.69) is 19.2 Å². The molecule has 0 bridgehead atoms. The average molecular weight is 127 g/mol. The lowest BCUT2D eigenvalue weighted by atomic mass is 9.98. The van der Waals surface area contributed by atoms with Crippen LogP contribution in [0.15, 0.2) is 0 Å². The Balaban J connectivity index is 2.23. The molecule has 1 heterocycles. The third-order valence-electron chi connectivity index (χ3n) is 2.20. The fraction of sp³-hybridized carbons (Fsp3) is 1.00. The molecule has 1 nitrogen and oxygen atoms in total. The van der Waals surface area contributed by atoms with Crippen LogP contribution in [-0.2, 0) is 0 Å². The summed E-state index contributed by atoms with van der Waals surface area (Å²) in [4.78, 5) is 0. The van der Waals surface area contributed by atoms with Crippen molar-refractivity contribution < 1.29 is 0 Å². The Kier molecular flexibility index (Phi) is 2.52. The van der Waals surface area contributed by atoms with Crippen molar-refractivity contribution in [3.8, 4) is 0 Å². The van der Waals surface area contributed by atoms with Crippen molar-refractivity contribution in [3.05, 3.63) is 0 Å². The van der Waals surface area contributed by atoms with Gasteiger partial charge in [-0.2, -0.15) is 0 Å². The highest BCUT2D eigenvalue weighted by Gasteiger charge is 2.14. The first-order valence-electron chi connectivity index (χ1n) is 4.09. The maximum absolute atomic E-state index is 3.57. The largest absolute Gasteiger partial charge is 0.312 e. The number of piperidine rings is 1. The molecular weight excluding hydrogens is 110 g/mol. The van der Waals surface area contributed by atoms with Crippen LogP contribution in [0, 0.1) is 0 Å². The molecule has 1 fully saturated rings. The minimum atomic E-state index is 0.767. The van der Waals surface area contributed by atoms with Crippen molar-refractivity contribution in [2.45, 2.75) is 51.6 Å². The third-order valence-corrected chi connectivity index (χ3v) is 2.20. The van der Waals surface area contributed by atoms with Crippen LogP contribution >= 0.6 is 0 Å². The molecule has 0 radical (unpaired) electrons. The molecule has 0 aromatic carbocycles. The smallest absolute Gasteiger partial charge is 0.00669 e. The van der Waals surface area contributed by atoms with Crippen LogP contribution in [0.3, 0.4) is 0 Å². The monoisotopic (exact) mass is 127 g/mol. The normalized spacial score (nSPS) is 36.7. The van der Waals surface area contributed by atoms with E-state index < -0.39 is 0 Å². The molecule has 2 atom stereocenters. The predicted octanol–water partition coefficient (Wildman–Crippen LogP) is 1.93. The van der Waals surface area contributed by atoms with Gasteiger partial charge in [0.1, 0.15) is 0 Å². The molecule has 0 aromatic heterocycles. The lowest BCUT2D eigenvalue weighted by Gasteiger charge is -2.27. The average Bonchev–Trinajstić information content (AvgIpc) is 1.88. The number of hydrogen-bond acceptors (Lipinski definition) is 1. The van der Waals surface area contributed by atoms with E-state index in [0.717, 1.165) is 12.1 Å². The zero-order chi connectivity index (χ0) is 6.69. The first-order valence-corrected chi connectivity index (χ1v) is 4.09. The second-order valence-corrected chi connectivity index (χ2v) is 3.10. The van der Waals surface area contributed by atoms with E-state index in [-0.39, 0.29) is 0 Å². The molecule has 0 spiro atoms. The number of hydrogen-bond donors (Lipinski definition) is 1. The summed E-state index contributed by atoms with van der Waals surface area (Å²) in [6, 6.07) is 1.58. The van der Waals surface area contributed by atoms with Crippen molar-refractivity contribution in [2.75, 3.05) is 0 Å². The number of nitrogens with one attached hydrogen (secondary N) is 1. The highest BCUT2D eigenvalue weighted by molar-refractivity contribution is 4.75. The Morgan fingerprint density at radius 1 is 1.44 bits per heavy atom. The maximum atomic E-state index is 3.57. The van der Waals surface area contributed by atoms with Crippen molar-refractivity contribution in [1.82, 2.24) is 5.32 Å². The molecule has 0 unspecified atom stereocenters. The Morgan fingerprint density at radius 3 is 2.67 bits per heavy atom. The molecule has 1 rings (SSSR count). The Hall–Kier alpha value is -0.0400. The van der Waals surface area contributed by atoms with Gasteiger partial charge >= 0.3 is 0 Å². The fourth-order valence-corrected chi connectivity index (χ4v) is 1.56. The van der Waals surface area contributed by atoms with E-state index in [9.17, 15) is 0 Å². The van der Waals surface area contributed by atoms with Gasteiger partial charge in [0.05, 0.1) is 0 Å². The summed E-state index contributed by atoms with van der Waals surface area (Å²) in [6.07, 6.45) is 5.48. The first kappa shape index (κ1) is 7.07. The molecule has 1 heteroatoms. The van der Waals surface area contributed by atoms with Crippen LogP contribution in [0.5, 0.6) is 0 Å². The van der Waals surface area contributed by atoms with E-state index in [1.165, 1.54) is 25.7 Å². The Labute approximate surface area is 57.8 Å². The summed E-state index contributed by atoms with van der Waals surface area (Å²) in [5.41, 5.74) is 0. The van der Waals surface area contributed by atoms with Crippen LogP contribution in [0.1, 0.15) is 39.5 Å². The SMILES string of the molecule is CC[C@H]1CCC[C@@H](C)N1. The summed E-state index contributed by atoms with van der Waals surface area (Å²) >= 11 is 0. The minimum Gasteiger partial charge on any atom is -0.312 e. The second kappa shape index (κ2) is 3.21. The molecule has 0 aliphatic carbocycles.